The van der Waals surface area contributed by atoms with Crippen LogP contribution in [0.4, 0.5) is 10.1 Å². The molecule has 8 heteroatoms. The van der Waals surface area contributed by atoms with Gasteiger partial charge in [-0.25, -0.2) is 9.07 Å². The van der Waals surface area contributed by atoms with Gasteiger partial charge in [0.25, 0.3) is 0 Å². The maximum atomic E-state index is 14.4. The van der Waals surface area contributed by atoms with Crippen molar-refractivity contribution in [3.05, 3.63) is 54.3 Å². The Morgan fingerprint density at radius 3 is 2.53 bits per heavy atom. The Labute approximate surface area is 174 Å². The van der Waals surface area contributed by atoms with E-state index >= 15 is 0 Å². The van der Waals surface area contributed by atoms with Crippen molar-refractivity contribution in [2.45, 2.75) is 20.3 Å². The molecule has 0 bridgehead atoms. The lowest BCUT2D eigenvalue weighted by Crippen LogP contribution is -2.13. The normalized spacial score (nSPS) is 11.0. The summed E-state index contributed by atoms with van der Waals surface area (Å²) in [5.74, 6) is 0.142. The zero-order chi connectivity index (χ0) is 21.5. The predicted molar refractivity (Wildman–Crippen MR) is 112 cm³/mol. The average molecular weight is 412 g/mol. The highest BCUT2D eigenvalue weighted by Crippen LogP contribution is 2.26. The van der Waals surface area contributed by atoms with Crippen molar-refractivity contribution >= 4 is 11.6 Å². The fraction of sp³-hybridized carbons (Fsp3) is 0.318. The average Bonchev–Trinajstić information content (AvgIpc) is 3.12. The summed E-state index contributed by atoms with van der Waals surface area (Å²) in [4.78, 5) is 16.3. The minimum Gasteiger partial charge on any atom is -0.460 e. The first-order chi connectivity index (χ1) is 14.5. The molecule has 0 aliphatic heterocycles. The first-order valence-corrected chi connectivity index (χ1v) is 9.72. The zero-order valence-electron chi connectivity index (χ0n) is 17.3. The van der Waals surface area contributed by atoms with Crippen LogP contribution in [0.1, 0.15) is 20.3 Å². The van der Waals surface area contributed by atoms with Gasteiger partial charge in [-0.1, -0.05) is 26.0 Å². The van der Waals surface area contributed by atoms with E-state index < -0.39 is 5.82 Å². The van der Waals surface area contributed by atoms with Crippen LogP contribution in [-0.4, -0.2) is 41.0 Å². The van der Waals surface area contributed by atoms with Crippen LogP contribution in [0.5, 0.6) is 6.01 Å². The van der Waals surface area contributed by atoms with E-state index in [1.807, 2.05) is 13.8 Å². The quantitative estimate of drug-likeness (QED) is 0.536. The summed E-state index contributed by atoms with van der Waals surface area (Å²) in [6.07, 6.45) is 0.449. The Kier molecular flexibility index (Phi) is 7.13. The van der Waals surface area contributed by atoms with Gasteiger partial charge in [0.05, 0.1) is 17.9 Å². The molecule has 0 saturated heterocycles. The Hall–Kier alpha value is -3.26. The van der Waals surface area contributed by atoms with Crippen LogP contribution in [0.3, 0.4) is 0 Å². The van der Waals surface area contributed by atoms with E-state index in [0.29, 0.717) is 35.8 Å². The standard InChI is InChI=1S/C22H25FN4O3/c1-15(2)14-20(28)24-16-8-10-17(11-9-16)27-21(18-6-4-5-7-19(18)23)25-22(26-27)30-13-12-29-3/h4-11,15H,12-14H2,1-3H3,(H,24,28). The van der Waals surface area contributed by atoms with E-state index in [2.05, 4.69) is 15.4 Å². The van der Waals surface area contributed by atoms with E-state index in [4.69, 9.17) is 9.47 Å². The lowest BCUT2D eigenvalue weighted by molar-refractivity contribution is -0.116. The number of methoxy groups -OCH3 is 1. The molecule has 2 aromatic carbocycles. The van der Waals surface area contributed by atoms with Crippen LogP contribution in [0.2, 0.25) is 0 Å². The highest BCUT2D eigenvalue weighted by Gasteiger charge is 2.17. The molecule has 1 N–H and O–H groups in total. The number of rotatable bonds is 9. The predicted octanol–water partition coefficient (Wildman–Crippen LogP) is 4.08. The number of nitrogens with zero attached hydrogens (tertiary/aromatic N) is 3. The van der Waals surface area contributed by atoms with Crippen molar-refractivity contribution in [2.24, 2.45) is 5.92 Å². The molecular formula is C22H25FN4O3. The smallest absolute Gasteiger partial charge is 0.336 e. The van der Waals surface area contributed by atoms with Crippen LogP contribution in [0, 0.1) is 11.7 Å². The van der Waals surface area contributed by atoms with Gasteiger partial charge >= 0.3 is 6.01 Å². The van der Waals surface area contributed by atoms with Crippen LogP contribution < -0.4 is 10.1 Å². The number of hydrogen-bond acceptors (Lipinski definition) is 5. The van der Waals surface area contributed by atoms with Crippen molar-refractivity contribution < 1.29 is 18.7 Å². The summed E-state index contributed by atoms with van der Waals surface area (Å²) >= 11 is 0. The Morgan fingerprint density at radius 2 is 1.87 bits per heavy atom. The second-order valence-corrected chi connectivity index (χ2v) is 7.14. The monoisotopic (exact) mass is 412 g/mol. The zero-order valence-corrected chi connectivity index (χ0v) is 17.3. The summed E-state index contributed by atoms with van der Waals surface area (Å²) in [5, 5.41) is 7.24. The van der Waals surface area contributed by atoms with Gasteiger partial charge in [0.15, 0.2) is 5.82 Å². The SMILES string of the molecule is COCCOc1nc(-c2ccccc2F)n(-c2ccc(NC(=O)CC(C)C)cc2)n1. The minimum absolute atomic E-state index is 0.0422. The van der Waals surface area contributed by atoms with E-state index in [9.17, 15) is 9.18 Å². The Balaban J connectivity index is 1.90. The molecule has 0 atom stereocenters. The van der Waals surface area contributed by atoms with E-state index in [0.717, 1.165) is 0 Å². The maximum Gasteiger partial charge on any atom is 0.336 e. The van der Waals surface area contributed by atoms with Gasteiger partial charge in [-0.15, -0.1) is 5.10 Å². The number of amides is 1. The number of hydrogen-bond donors (Lipinski definition) is 1. The fourth-order valence-corrected chi connectivity index (χ4v) is 2.84. The maximum absolute atomic E-state index is 14.4. The number of anilines is 1. The summed E-state index contributed by atoms with van der Waals surface area (Å²) in [6, 6.07) is 13.6. The molecule has 7 nitrogen and oxygen atoms in total. The van der Waals surface area contributed by atoms with Crippen molar-refractivity contribution in [3.63, 3.8) is 0 Å². The molecule has 0 spiro atoms. The molecule has 0 radical (unpaired) electrons. The Bertz CT molecular complexity index is 986. The number of benzene rings is 2. The van der Waals surface area contributed by atoms with E-state index in [1.54, 1.807) is 49.6 Å². The molecule has 1 amide bonds. The molecule has 0 fully saturated rings. The third-order valence-electron chi connectivity index (χ3n) is 4.21. The molecule has 3 rings (SSSR count). The summed E-state index contributed by atoms with van der Waals surface area (Å²) in [5.41, 5.74) is 1.64. The highest BCUT2D eigenvalue weighted by molar-refractivity contribution is 5.90. The van der Waals surface area contributed by atoms with Crippen LogP contribution in [0.15, 0.2) is 48.5 Å². The molecule has 158 valence electrons. The number of carbonyl (C=O) groups is 1. The molecule has 0 saturated carbocycles. The van der Waals surface area contributed by atoms with Gasteiger partial charge in [0.1, 0.15) is 12.4 Å². The lowest BCUT2D eigenvalue weighted by atomic mass is 10.1. The first kappa shape index (κ1) is 21.4. The number of carbonyl (C=O) groups excluding carboxylic acids is 1. The summed E-state index contributed by atoms with van der Waals surface area (Å²) < 4.78 is 26.4. The third kappa shape index (κ3) is 5.42. The van der Waals surface area contributed by atoms with Gasteiger partial charge in [0, 0.05) is 19.2 Å². The van der Waals surface area contributed by atoms with Gasteiger partial charge in [0.2, 0.25) is 5.91 Å². The third-order valence-corrected chi connectivity index (χ3v) is 4.21. The van der Waals surface area contributed by atoms with Crippen LogP contribution in [-0.2, 0) is 9.53 Å². The molecule has 3 aromatic rings. The molecule has 30 heavy (non-hydrogen) atoms. The van der Waals surface area contributed by atoms with Crippen molar-refractivity contribution in [1.29, 1.82) is 0 Å². The number of halogens is 1. The molecule has 0 unspecified atom stereocenters. The fourth-order valence-electron chi connectivity index (χ4n) is 2.84. The molecular weight excluding hydrogens is 387 g/mol. The van der Waals surface area contributed by atoms with Gasteiger partial charge < -0.3 is 14.8 Å². The molecule has 1 aromatic heterocycles. The molecule has 0 aliphatic rings. The van der Waals surface area contributed by atoms with E-state index in [-0.39, 0.29) is 24.4 Å². The van der Waals surface area contributed by atoms with Gasteiger partial charge in [-0.2, -0.15) is 4.98 Å². The topological polar surface area (TPSA) is 78.3 Å². The first-order valence-electron chi connectivity index (χ1n) is 9.72. The Morgan fingerprint density at radius 1 is 1.13 bits per heavy atom. The summed E-state index contributed by atoms with van der Waals surface area (Å²) in [6.45, 7) is 4.64. The molecule has 1 heterocycles. The summed E-state index contributed by atoms with van der Waals surface area (Å²) in [7, 11) is 1.57. The number of ether oxygens (including phenoxy) is 2. The number of aromatic nitrogens is 3. The number of nitrogens with one attached hydrogen (secondary N) is 1. The second-order valence-electron chi connectivity index (χ2n) is 7.14. The van der Waals surface area contributed by atoms with Crippen LogP contribution >= 0.6 is 0 Å². The van der Waals surface area contributed by atoms with E-state index in [1.165, 1.54) is 10.7 Å². The largest absolute Gasteiger partial charge is 0.460 e. The van der Waals surface area contributed by atoms with Crippen molar-refractivity contribution in [3.8, 4) is 23.1 Å². The van der Waals surface area contributed by atoms with Crippen molar-refractivity contribution in [2.75, 3.05) is 25.6 Å². The van der Waals surface area contributed by atoms with Crippen molar-refractivity contribution in [1.82, 2.24) is 14.8 Å². The van der Waals surface area contributed by atoms with Gasteiger partial charge in [-0.05, 0) is 42.3 Å². The second kappa shape index (κ2) is 9.98. The highest BCUT2D eigenvalue weighted by atomic mass is 19.1. The minimum atomic E-state index is -0.410. The molecule has 0 aliphatic carbocycles. The van der Waals surface area contributed by atoms with Gasteiger partial charge in [-0.3, -0.25) is 4.79 Å². The lowest BCUT2D eigenvalue weighted by Gasteiger charge is -2.09. The van der Waals surface area contributed by atoms with Crippen LogP contribution in [0.25, 0.3) is 17.1 Å².